The van der Waals surface area contributed by atoms with E-state index in [0.717, 1.165) is 5.56 Å². The van der Waals surface area contributed by atoms with Crippen molar-refractivity contribution in [3.8, 4) is 0 Å². The van der Waals surface area contributed by atoms with Gasteiger partial charge in [-0.05, 0) is 36.2 Å². The van der Waals surface area contributed by atoms with E-state index in [9.17, 15) is 9.18 Å². The van der Waals surface area contributed by atoms with Gasteiger partial charge in [0.1, 0.15) is 11.6 Å². The number of nitrogens with one attached hydrogen (secondary N) is 1. The third-order valence-corrected chi connectivity index (χ3v) is 2.92. The first-order valence-corrected chi connectivity index (χ1v) is 6.43. The molecule has 0 radical (unpaired) electrons. The SMILES string of the molecule is COC(=O)c1ccc(N)c(NCCc2cccc(F)c2)n1. The number of benzene rings is 1. The molecular formula is C15H16FN3O2. The highest BCUT2D eigenvalue weighted by Crippen LogP contribution is 2.16. The Balaban J connectivity index is 2.01. The normalized spacial score (nSPS) is 10.2. The van der Waals surface area contributed by atoms with Gasteiger partial charge in [-0.3, -0.25) is 0 Å². The molecule has 0 bridgehead atoms. The number of nitrogen functional groups attached to an aromatic ring is 1. The maximum Gasteiger partial charge on any atom is 0.356 e. The van der Waals surface area contributed by atoms with E-state index in [0.29, 0.717) is 24.5 Å². The average molecular weight is 289 g/mol. The van der Waals surface area contributed by atoms with Crippen LogP contribution < -0.4 is 11.1 Å². The smallest absolute Gasteiger partial charge is 0.356 e. The van der Waals surface area contributed by atoms with E-state index in [1.807, 2.05) is 6.07 Å². The van der Waals surface area contributed by atoms with Crippen molar-refractivity contribution < 1.29 is 13.9 Å². The van der Waals surface area contributed by atoms with Gasteiger partial charge in [-0.15, -0.1) is 0 Å². The molecule has 2 aromatic rings. The monoisotopic (exact) mass is 289 g/mol. The molecule has 1 heterocycles. The van der Waals surface area contributed by atoms with Crippen molar-refractivity contribution >= 4 is 17.5 Å². The van der Waals surface area contributed by atoms with Crippen LogP contribution in [0.1, 0.15) is 16.1 Å². The number of hydrogen-bond acceptors (Lipinski definition) is 5. The van der Waals surface area contributed by atoms with E-state index in [2.05, 4.69) is 15.0 Å². The minimum absolute atomic E-state index is 0.181. The Labute approximate surface area is 121 Å². The Morgan fingerprint density at radius 2 is 2.19 bits per heavy atom. The Bertz CT molecular complexity index is 647. The van der Waals surface area contributed by atoms with Gasteiger partial charge in [-0.1, -0.05) is 12.1 Å². The highest BCUT2D eigenvalue weighted by atomic mass is 19.1. The van der Waals surface area contributed by atoms with E-state index < -0.39 is 5.97 Å². The molecule has 1 aromatic heterocycles. The van der Waals surface area contributed by atoms with E-state index in [1.54, 1.807) is 12.1 Å². The first-order valence-electron chi connectivity index (χ1n) is 6.43. The van der Waals surface area contributed by atoms with Crippen LogP contribution in [0.4, 0.5) is 15.9 Å². The fourth-order valence-corrected chi connectivity index (χ4v) is 1.85. The zero-order valence-electron chi connectivity index (χ0n) is 11.6. The molecule has 0 aliphatic heterocycles. The number of hydrogen-bond donors (Lipinski definition) is 2. The number of carbonyl (C=O) groups excluding carboxylic acids is 1. The fourth-order valence-electron chi connectivity index (χ4n) is 1.85. The molecule has 110 valence electrons. The number of pyridine rings is 1. The Morgan fingerprint density at radius 3 is 2.90 bits per heavy atom. The van der Waals surface area contributed by atoms with Crippen LogP contribution in [0, 0.1) is 5.82 Å². The number of aromatic nitrogens is 1. The molecule has 0 aliphatic carbocycles. The molecule has 6 heteroatoms. The second-order valence-corrected chi connectivity index (χ2v) is 4.43. The standard InChI is InChI=1S/C15H16FN3O2/c1-21-15(20)13-6-5-12(17)14(19-13)18-8-7-10-3-2-4-11(16)9-10/h2-6,9H,7-8,17H2,1H3,(H,18,19). The third-order valence-electron chi connectivity index (χ3n) is 2.92. The number of nitrogens with zero attached hydrogens (tertiary/aromatic N) is 1. The van der Waals surface area contributed by atoms with Gasteiger partial charge in [0.15, 0.2) is 5.69 Å². The molecule has 2 rings (SSSR count). The molecule has 0 aliphatic rings. The molecule has 0 saturated carbocycles. The third kappa shape index (κ3) is 3.92. The summed E-state index contributed by atoms with van der Waals surface area (Å²) >= 11 is 0. The summed E-state index contributed by atoms with van der Waals surface area (Å²) in [4.78, 5) is 15.5. The number of methoxy groups -OCH3 is 1. The fraction of sp³-hybridized carbons (Fsp3) is 0.200. The van der Waals surface area contributed by atoms with Gasteiger partial charge < -0.3 is 15.8 Å². The molecule has 0 amide bonds. The molecule has 0 fully saturated rings. The van der Waals surface area contributed by atoms with E-state index in [1.165, 1.54) is 25.3 Å². The number of nitrogens with two attached hydrogens (primary N) is 1. The molecule has 3 N–H and O–H groups in total. The van der Waals surface area contributed by atoms with Crippen molar-refractivity contribution in [1.82, 2.24) is 4.98 Å². The average Bonchev–Trinajstić information content (AvgIpc) is 2.48. The number of anilines is 2. The molecular weight excluding hydrogens is 273 g/mol. The summed E-state index contributed by atoms with van der Waals surface area (Å²) in [5, 5.41) is 3.03. The molecule has 0 saturated heterocycles. The van der Waals surface area contributed by atoms with Crippen LogP contribution in [0.25, 0.3) is 0 Å². The van der Waals surface area contributed by atoms with Crippen LogP contribution in [0.2, 0.25) is 0 Å². The highest BCUT2D eigenvalue weighted by Gasteiger charge is 2.10. The van der Waals surface area contributed by atoms with Gasteiger partial charge in [0, 0.05) is 6.54 Å². The zero-order chi connectivity index (χ0) is 15.2. The van der Waals surface area contributed by atoms with Gasteiger partial charge in [-0.25, -0.2) is 14.2 Å². The summed E-state index contributed by atoms with van der Waals surface area (Å²) in [6.07, 6.45) is 0.612. The second kappa shape index (κ2) is 6.69. The van der Waals surface area contributed by atoms with Crippen molar-refractivity contribution in [3.05, 3.63) is 53.5 Å². The highest BCUT2D eigenvalue weighted by molar-refractivity contribution is 5.88. The van der Waals surface area contributed by atoms with Crippen LogP contribution in [0.3, 0.4) is 0 Å². The summed E-state index contributed by atoms with van der Waals surface area (Å²) in [6, 6.07) is 9.46. The van der Waals surface area contributed by atoms with Gasteiger partial charge >= 0.3 is 5.97 Å². The second-order valence-electron chi connectivity index (χ2n) is 4.43. The lowest BCUT2D eigenvalue weighted by Gasteiger charge is -2.09. The molecule has 5 nitrogen and oxygen atoms in total. The maximum absolute atomic E-state index is 13.1. The van der Waals surface area contributed by atoms with Crippen molar-refractivity contribution in [2.24, 2.45) is 0 Å². The lowest BCUT2D eigenvalue weighted by Crippen LogP contribution is -2.12. The van der Waals surface area contributed by atoms with Gasteiger partial charge in [0.2, 0.25) is 0 Å². The van der Waals surface area contributed by atoms with Crippen molar-refractivity contribution in [2.75, 3.05) is 24.7 Å². The van der Waals surface area contributed by atoms with Crippen LogP contribution in [-0.2, 0) is 11.2 Å². The molecule has 0 spiro atoms. The first kappa shape index (κ1) is 14.8. The van der Waals surface area contributed by atoms with Crippen molar-refractivity contribution in [2.45, 2.75) is 6.42 Å². The number of halogens is 1. The first-order chi connectivity index (χ1) is 10.1. The van der Waals surface area contributed by atoms with Gasteiger partial charge in [0.25, 0.3) is 0 Å². The van der Waals surface area contributed by atoms with Crippen molar-refractivity contribution in [1.29, 1.82) is 0 Å². The summed E-state index contributed by atoms with van der Waals surface area (Å²) in [7, 11) is 1.29. The largest absolute Gasteiger partial charge is 0.464 e. The summed E-state index contributed by atoms with van der Waals surface area (Å²) in [5.41, 5.74) is 7.28. The van der Waals surface area contributed by atoms with Gasteiger partial charge in [-0.2, -0.15) is 0 Å². The molecule has 0 atom stereocenters. The number of rotatable bonds is 5. The van der Waals surface area contributed by atoms with Crippen molar-refractivity contribution in [3.63, 3.8) is 0 Å². The molecule has 1 aromatic carbocycles. The van der Waals surface area contributed by atoms with Crippen LogP contribution >= 0.6 is 0 Å². The minimum atomic E-state index is -0.525. The van der Waals surface area contributed by atoms with Crippen LogP contribution in [0.15, 0.2) is 36.4 Å². The number of ether oxygens (including phenoxy) is 1. The lowest BCUT2D eigenvalue weighted by atomic mass is 10.1. The minimum Gasteiger partial charge on any atom is -0.464 e. The maximum atomic E-state index is 13.1. The van der Waals surface area contributed by atoms with Crippen LogP contribution in [0.5, 0.6) is 0 Å². The number of esters is 1. The Hall–Kier alpha value is -2.63. The predicted octanol–water partition coefficient (Wildman–Crippen LogP) is 2.24. The quantitative estimate of drug-likeness (QED) is 0.825. The zero-order valence-corrected chi connectivity index (χ0v) is 11.6. The summed E-state index contributed by atoms with van der Waals surface area (Å²) < 4.78 is 17.7. The predicted molar refractivity (Wildman–Crippen MR) is 78.6 cm³/mol. The molecule has 21 heavy (non-hydrogen) atoms. The lowest BCUT2D eigenvalue weighted by molar-refractivity contribution is 0.0594. The number of carbonyl (C=O) groups is 1. The Morgan fingerprint density at radius 1 is 1.38 bits per heavy atom. The van der Waals surface area contributed by atoms with E-state index >= 15 is 0 Å². The van der Waals surface area contributed by atoms with Gasteiger partial charge in [0.05, 0.1) is 12.8 Å². The molecule has 0 unspecified atom stereocenters. The van der Waals surface area contributed by atoms with Crippen LogP contribution in [-0.4, -0.2) is 24.6 Å². The van der Waals surface area contributed by atoms with E-state index in [4.69, 9.17) is 5.73 Å². The Kier molecular flexibility index (Phi) is 4.71. The van der Waals surface area contributed by atoms with E-state index in [-0.39, 0.29) is 11.5 Å². The summed E-state index contributed by atoms with van der Waals surface area (Å²) in [6.45, 7) is 0.519. The summed E-state index contributed by atoms with van der Waals surface area (Å²) in [5.74, 6) is -0.379. The topological polar surface area (TPSA) is 77.2 Å².